The first kappa shape index (κ1) is 18.7. The van der Waals surface area contributed by atoms with E-state index >= 15 is 0 Å². The van der Waals surface area contributed by atoms with Gasteiger partial charge in [0.25, 0.3) is 0 Å². The zero-order chi connectivity index (χ0) is 15.8. The van der Waals surface area contributed by atoms with Crippen molar-refractivity contribution in [2.24, 2.45) is 5.41 Å². The minimum atomic E-state index is -4.33. The van der Waals surface area contributed by atoms with E-state index in [-0.39, 0.29) is 11.8 Å². The topological polar surface area (TPSA) is 78.4 Å². The van der Waals surface area contributed by atoms with E-state index in [1.807, 2.05) is 19.2 Å². The highest BCUT2D eigenvalue weighted by Crippen LogP contribution is 2.25. The van der Waals surface area contributed by atoms with Crippen molar-refractivity contribution in [1.29, 1.82) is 0 Å². The first-order chi connectivity index (χ1) is 9.02. The number of halogens is 3. The van der Waals surface area contributed by atoms with Crippen LogP contribution in [0.1, 0.15) is 33.1 Å². The van der Waals surface area contributed by atoms with Gasteiger partial charge in [0.1, 0.15) is 0 Å². The minimum absolute atomic E-state index is 0.0497. The lowest BCUT2D eigenvalue weighted by Crippen LogP contribution is -2.39. The Morgan fingerprint density at radius 1 is 1.15 bits per heavy atom. The summed E-state index contributed by atoms with van der Waals surface area (Å²) < 4.78 is 35.5. The van der Waals surface area contributed by atoms with E-state index in [2.05, 4.69) is 5.32 Å². The SMILES string of the molecule is CC(C)(CCNC(=O)CNCC(F)(F)F)CCC(=O)O. The number of aliphatic carboxylic acids is 1. The molecule has 20 heavy (non-hydrogen) atoms. The second-order valence-electron chi connectivity index (χ2n) is 5.38. The molecule has 0 saturated heterocycles. The van der Waals surface area contributed by atoms with Crippen LogP contribution in [0.5, 0.6) is 0 Å². The third-order valence-electron chi connectivity index (χ3n) is 2.75. The number of amides is 1. The molecule has 0 fully saturated rings. The van der Waals surface area contributed by atoms with E-state index in [1.165, 1.54) is 0 Å². The molecule has 8 heteroatoms. The van der Waals surface area contributed by atoms with Gasteiger partial charge in [-0.25, -0.2) is 0 Å². The molecule has 0 aliphatic rings. The van der Waals surface area contributed by atoms with Crippen LogP contribution in [0.3, 0.4) is 0 Å². The summed E-state index contributed by atoms with van der Waals surface area (Å²) in [5.41, 5.74) is -0.245. The van der Waals surface area contributed by atoms with Gasteiger partial charge >= 0.3 is 12.1 Å². The summed E-state index contributed by atoms with van der Waals surface area (Å²) in [6.07, 6.45) is -3.25. The van der Waals surface area contributed by atoms with Crippen molar-refractivity contribution in [2.45, 2.75) is 39.3 Å². The molecular weight excluding hydrogens is 277 g/mol. The van der Waals surface area contributed by atoms with Crippen molar-refractivity contribution in [1.82, 2.24) is 10.6 Å². The van der Waals surface area contributed by atoms with Crippen LogP contribution in [0.4, 0.5) is 13.2 Å². The molecule has 0 atom stereocenters. The van der Waals surface area contributed by atoms with E-state index in [4.69, 9.17) is 5.11 Å². The third-order valence-corrected chi connectivity index (χ3v) is 2.75. The van der Waals surface area contributed by atoms with Crippen molar-refractivity contribution in [3.8, 4) is 0 Å². The normalized spacial score (nSPS) is 12.2. The first-order valence-corrected chi connectivity index (χ1v) is 6.28. The summed E-state index contributed by atoms with van der Waals surface area (Å²) in [6.45, 7) is 2.47. The van der Waals surface area contributed by atoms with Gasteiger partial charge in [-0.2, -0.15) is 13.2 Å². The molecule has 0 aliphatic heterocycles. The molecular formula is C12H21F3N2O3. The van der Waals surface area contributed by atoms with Crippen molar-refractivity contribution in [3.05, 3.63) is 0 Å². The lowest BCUT2D eigenvalue weighted by atomic mass is 9.84. The van der Waals surface area contributed by atoms with Gasteiger partial charge in [0, 0.05) is 13.0 Å². The Morgan fingerprint density at radius 2 is 1.75 bits per heavy atom. The largest absolute Gasteiger partial charge is 0.481 e. The van der Waals surface area contributed by atoms with Crippen LogP contribution in [0.2, 0.25) is 0 Å². The molecule has 0 aliphatic carbocycles. The average molecular weight is 298 g/mol. The van der Waals surface area contributed by atoms with Crippen LogP contribution < -0.4 is 10.6 Å². The molecule has 0 saturated carbocycles. The minimum Gasteiger partial charge on any atom is -0.481 e. The Balaban J connectivity index is 3.77. The smallest absolute Gasteiger partial charge is 0.401 e. The van der Waals surface area contributed by atoms with Gasteiger partial charge < -0.3 is 15.7 Å². The number of carbonyl (C=O) groups is 2. The molecule has 0 unspecified atom stereocenters. The van der Waals surface area contributed by atoms with E-state index in [0.717, 1.165) is 0 Å². The highest BCUT2D eigenvalue weighted by Gasteiger charge is 2.26. The zero-order valence-corrected chi connectivity index (χ0v) is 11.6. The maximum atomic E-state index is 11.8. The molecule has 3 N–H and O–H groups in total. The van der Waals surface area contributed by atoms with E-state index in [9.17, 15) is 22.8 Å². The Kier molecular flexibility index (Phi) is 7.55. The monoisotopic (exact) mass is 298 g/mol. The van der Waals surface area contributed by atoms with E-state index in [0.29, 0.717) is 19.4 Å². The Hall–Kier alpha value is -1.31. The van der Waals surface area contributed by atoms with Crippen molar-refractivity contribution in [2.75, 3.05) is 19.6 Å². The van der Waals surface area contributed by atoms with E-state index in [1.54, 1.807) is 0 Å². The van der Waals surface area contributed by atoms with Crippen molar-refractivity contribution in [3.63, 3.8) is 0 Å². The fourth-order valence-corrected chi connectivity index (χ4v) is 1.49. The lowest BCUT2D eigenvalue weighted by molar-refractivity contribution is -0.137. The van der Waals surface area contributed by atoms with Crippen LogP contribution in [-0.4, -0.2) is 42.8 Å². The maximum Gasteiger partial charge on any atom is 0.401 e. The Morgan fingerprint density at radius 3 is 2.25 bits per heavy atom. The van der Waals surface area contributed by atoms with Gasteiger partial charge in [-0.05, 0) is 18.3 Å². The number of carboxylic acid groups (broad SMARTS) is 1. The van der Waals surface area contributed by atoms with Crippen LogP contribution in [-0.2, 0) is 9.59 Å². The number of carboxylic acids is 1. The molecule has 0 heterocycles. The van der Waals surface area contributed by atoms with Crippen LogP contribution in [0, 0.1) is 5.41 Å². The number of rotatable bonds is 9. The number of alkyl halides is 3. The molecule has 118 valence electrons. The van der Waals surface area contributed by atoms with Gasteiger partial charge in [0.05, 0.1) is 13.1 Å². The highest BCUT2D eigenvalue weighted by atomic mass is 19.4. The quantitative estimate of drug-likeness (QED) is 0.603. The Bertz CT molecular complexity index is 330. The highest BCUT2D eigenvalue weighted by molar-refractivity contribution is 5.77. The predicted octanol–water partition coefficient (Wildman–Crippen LogP) is 1.54. The molecule has 0 radical (unpaired) electrons. The second kappa shape index (κ2) is 8.08. The van der Waals surface area contributed by atoms with Gasteiger partial charge in [0.2, 0.25) is 5.91 Å². The summed E-state index contributed by atoms with van der Waals surface area (Å²) >= 11 is 0. The molecule has 0 bridgehead atoms. The summed E-state index contributed by atoms with van der Waals surface area (Å²) in [5, 5.41) is 13.1. The number of hydrogen-bond acceptors (Lipinski definition) is 3. The summed E-state index contributed by atoms with van der Waals surface area (Å²) in [6, 6.07) is 0. The molecule has 5 nitrogen and oxygen atoms in total. The Labute approximate surface area is 115 Å². The van der Waals surface area contributed by atoms with E-state index < -0.39 is 31.1 Å². The van der Waals surface area contributed by atoms with Gasteiger partial charge in [-0.1, -0.05) is 13.8 Å². The van der Waals surface area contributed by atoms with Gasteiger partial charge in [-0.15, -0.1) is 0 Å². The molecule has 0 aromatic carbocycles. The van der Waals surface area contributed by atoms with Gasteiger partial charge in [0.15, 0.2) is 0 Å². The lowest BCUT2D eigenvalue weighted by Gasteiger charge is -2.23. The third kappa shape index (κ3) is 11.8. The number of carbonyl (C=O) groups excluding carboxylic acids is 1. The molecule has 0 rings (SSSR count). The van der Waals surface area contributed by atoms with Crippen molar-refractivity contribution >= 4 is 11.9 Å². The fraction of sp³-hybridized carbons (Fsp3) is 0.833. The van der Waals surface area contributed by atoms with Crippen LogP contribution >= 0.6 is 0 Å². The predicted molar refractivity (Wildman–Crippen MR) is 67.2 cm³/mol. The average Bonchev–Trinajstić information content (AvgIpc) is 2.24. The fourth-order valence-electron chi connectivity index (χ4n) is 1.49. The molecule has 0 aromatic heterocycles. The maximum absolute atomic E-state index is 11.8. The summed E-state index contributed by atoms with van der Waals surface area (Å²) in [4.78, 5) is 21.7. The first-order valence-electron chi connectivity index (χ1n) is 6.28. The van der Waals surface area contributed by atoms with Crippen LogP contribution in [0.15, 0.2) is 0 Å². The molecule has 0 spiro atoms. The molecule has 1 amide bonds. The van der Waals surface area contributed by atoms with Gasteiger partial charge in [-0.3, -0.25) is 9.59 Å². The summed E-state index contributed by atoms with van der Waals surface area (Å²) in [5.74, 6) is -1.39. The van der Waals surface area contributed by atoms with Crippen molar-refractivity contribution < 1.29 is 27.9 Å². The van der Waals surface area contributed by atoms with Crippen LogP contribution in [0.25, 0.3) is 0 Å². The summed E-state index contributed by atoms with van der Waals surface area (Å²) in [7, 11) is 0. The number of nitrogens with one attached hydrogen (secondary N) is 2. The molecule has 0 aromatic rings. The number of hydrogen-bond donors (Lipinski definition) is 3. The second-order valence-corrected chi connectivity index (χ2v) is 5.38. The zero-order valence-electron chi connectivity index (χ0n) is 11.6. The standard InChI is InChI=1S/C12H21F3N2O3/c1-11(2,4-3-10(19)20)5-6-17-9(18)7-16-8-12(13,14)15/h16H,3-8H2,1-2H3,(H,17,18)(H,19,20).